The first-order valence-corrected chi connectivity index (χ1v) is 11.4. The van der Waals surface area contributed by atoms with Crippen LogP contribution in [0.15, 0.2) is 90.3 Å². The van der Waals surface area contributed by atoms with Gasteiger partial charge >= 0.3 is 0 Å². The fraction of sp³-hybridized carbons (Fsp3) is 0.0357. The first-order valence-electron chi connectivity index (χ1n) is 10.5. The van der Waals surface area contributed by atoms with E-state index in [1.807, 2.05) is 12.1 Å². The predicted molar refractivity (Wildman–Crippen MR) is 133 cm³/mol. The monoisotopic (exact) mass is 431 g/mol. The van der Waals surface area contributed by atoms with Crippen LogP contribution in [0.1, 0.15) is 15.9 Å². The van der Waals surface area contributed by atoms with Crippen molar-refractivity contribution in [3.63, 3.8) is 0 Å². The number of aromatic nitrogens is 1. The van der Waals surface area contributed by atoms with Crippen LogP contribution < -0.4 is 5.73 Å². The van der Waals surface area contributed by atoms with Crippen LogP contribution in [0, 0.1) is 6.07 Å². The Morgan fingerprint density at radius 1 is 0.938 bits per heavy atom. The van der Waals surface area contributed by atoms with Crippen LogP contribution in [-0.2, 0) is 6.54 Å². The molecule has 0 atom stereocenters. The van der Waals surface area contributed by atoms with E-state index < -0.39 is 5.91 Å². The summed E-state index contributed by atoms with van der Waals surface area (Å²) in [6.45, 7) is 0.686. The standard InChI is InChI=1S/C28H19N2OS/c29-28(31)23-10-4-11-24-27(23)22-14-13-19(26-12-5-15-32-26)16-25(22)30(24)17-20-8-3-7-18-6-1-2-9-21(18)20/h1-13,15-16H,17H2,(H2,29,31). The van der Waals surface area contributed by atoms with Crippen LogP contribution >= 0.6 is 11.3 Å². The summed E-state index contributed by atoms with van der Waals surface area (Å²) in [5, 5.41) is 6.32. The quantitative estimate of drug-likeness (QED) is 0.335. The third-order valence-electron chi connectivity index (χ3n) is 6.07. The van der Waals surface area contributed by atoms with Crippen LogP contribution in [0.3, 0.4) is 0 Å². The molecule has 0 aliphatic heterocycles. The number of fused-ring (bicyclic) bond motifs is 4. The molecule has 153 valence electrons. The van der Waals surface area contributed by atoms with Gasteiger partial charge < -0.3 is 10.3 Å². The summed E-state index contributed by atoms with van der Waals surface area (Å²) in [4.78, 5) is 13.5. The molecule has 0 fully saturated rings. The molecule has 0 unspecified atom stereocenters. The largest absolute Gasteiger partial charge is 0.366 e. The van der Waals surface area contributed by atoms with Crippen molar-refractivity contribution in [1.29, 1.82) is 0 Å². The lowest BCUT2D eigenvalue weighted by atomic mass is 10.0. The Balaban J connectivity index is 1.66. The van der Waals surface area contributed by atoms with E-state index in [4.69, 9.17) is 5.73 Å². The summed E-state index contributed by atoms with van der Waals surface area (Å²) >= 11 is 1.71. The molecule has 0 spiro atoms. The summed E-state index contributed by atoms with van der Waals surface area (Å²) < 4.78 is 2.28. The van der Waals surface area contributed by atoms with E-state index in [-0.39, 0.29) is 0 Å². The second-order valence-electron chi connectivity index (χ2n) is 7.91. The second kappa shape index (κ2) is 7.36. The van der Waals surface area contributed by atoms with E-state index >= 15 is 0 Å². The highest BCUT2D eigenvalue weighted by Crippen LogP contribution is 2.36. The summed E-state index contributed by atoms with van der Waals surface area (Å²) in [6.07, 6.45) is 0. The average Bonchev–Trinajstić information content (AvgIpc) is 3.46. The molecule has 1 amide bonds. The number of benzene rings is 4. The smallest absolute Gasteiger partial charge is 0.249 e. The molecule has 4 aromatic carbocycles. The van der Waals surface area contributed by atoms with Gasteiger partial charge in [0.25, 0.3) is 0 Å². The van der Waals surface area contributed by atoms with E-state index in [9.17, 15) is 4.79 Å². The van der Waals surface area contributed by atoms with Gasteiger partial charge in [-0.3, -0.25) is 4.79 Å². The minimum Gasteiger partial charge on any atom is -0.366 e. The van der Waals surface area contributed by atoms with Crippen LogP contribution in [0.25, 0.3) is 43.0 Å². The van der Waals surface area contributed by atoms with Crippen molar-refractivity contribution < 1.29 is 4.79 Å². The molecule has 0 aliphatic carbocycles. The maximum Gasteiger partial charge on any atom is 0.249 e. The van der Waals surface area contributed by atoms with Crippen LogP contribution in [0.5, 0.6) is 0 Å². The van der Waals surface area contributed by atoms with Gasteiger partial charge in [-0.2, -0.15) is 0 Å². The maximum atomic E-state index is 12.3. The number of amides is 1. The number of carbonyl (C=O) groups is 1. The van der Waals surface area contributed by atoms with Crippen LogP contribution in [-0.4, -0.2) is 10.5 Å². The highest BCUT2D eigenvalue weighted by Gasteiger charge is 2.18. The van der Waals surface area contributed by atoms with Crippen molar-refractivity contribution in [3.05, 3.63) is 108 Å². The van der Waals surface area contributed by atoms with Gasteiger partial charge in [-0.15, -0.1) is 11.3 Å². The number of rotatable bonds is 4. The van der Waals surface area contributed by atoms with Gasteiger partial charge in [-0.1, -0.05) is 54.6 Å². The Kier molecular flexibility index (Phi) is 4.33. The summed E-state index contributed by atoms with van der Waals surface area (Å²) in [5.74, 6) is -0.421. The lowest BCUT2D eigenvalue weighted by Gasteiger charge is -2.11. The van der Waals surface area contributed by atoms with Gasteiger partial charge in [0.05, 0.1) is 11.0 Å². The number of nitrogens with zero attached hydrogens (tertiary/aromatic N) is 1. The van der Waals surface area contributed by atoms with Crippen molar-refractivity contribution in [2.45, 2.75) is 6.54 Å². The molecule has 0 saturated carbocycles. The van der Waals surface area contributed by atoms with Gasteiger partial charge in [0.1, 0.15) is 0 Å². The highest BCUT2D eigenvalue weighted by molar-refractivity contribution is 7.13. The van der Waals surface area contributed by atoms with E-state index in [0.717, 1.165) is 27.4 Å². The Labute approximate surface area is 189 Å². The van der Waals surface area contributed by atoms with Crippen molar-refractivity contribution >= 4 is 49.8 Å². The lowest BCUT2D eigenvalue weighted by Crippen LogP contribution is -2.11. The SMILES string of the molecule is NC(=O)c1cccc2c1c1[c]cc(-c3cccs3)cc1n2Cc1cccc2ccccc12. The minimum absolute atomic E-state index is 0.421. The van der Waals surface area contributed by atoms with E-state index in [2.05, 4.69) is 82.7 Å². The van der Waals surface area contributed by atoms with Crippen LogP contribution in [0.4, 0.5) is 0 Å². The molecule has 0 saturated heterocycles. The number of thiophene rings is 1. The fourth-order valence-corrected chi connectivity index (χ4v) is 5.33. The Hall–Kier alpha value is -3.89. The number of hydrogen-bond donors (Lipinski definition) is 1. The lowest BCUT2D eigenvalue weighted by molar-refractivity contribution is 0.100. The van der Waals surface area contributed by atoms with Crippen molar-refractivity contribution in [2.24, 2.45) is 5.73 Å². The van der Waals surface area contributed by atoms with E-state index in [1.165, 1.54) is 21.2 Å². The first-order chi connectivity index (χ1) is 15.7. The Morgan fingerprint density at radius 3 is 2.62 bits per heavy atom. The zero-order chi connectivity index (χ0) is 21.7. The zero-order valence-electron chi connectivity index (χ0n) is 17.2. The minimum atomic E-state index is -0.421. The molecule has 0 bridgehead atoms. The molecular formula is C28H19N2OS. The maximum absolute atomic E-state index is 12.3. The number of primary amides is 1. The number of carbonyl (C=O) groups excluding carboxylic acids is 1. The molecule has 6 rings (SSSR count). The summed E-state index contributed by atoms with van der Waals surface area (Å²) in [7, 11) is 0. The summed E-state index contributed by atoms with van der Waals surface area (Å²) in [5.41, 5.74) is 10.7. The van der Waals surface area contributed by atoms with Crippen molar-refractivity contribution in [1.82, 2.24) is 4.57 Å². The molecule has 2 heterocycles. The molecule has 4 heteroatoms. The highest BCUT2D eigenvalue weighted by atomic mass is 32.1. The van der Waals surface area contributed by atoms with Crippen molar-refractivity contribution in [2.75, 3.05) is 0 Å². The molecule has 0 aliphatic rings. The normalized spacial score (nSPS) is 11.5. The second-order valence-corrected chi connectivity index (χ2v) is 8.86. The molecule has 6 aromatic rings. The van der Waals surface area contributed by atoms with Gasteiger partial charge in [0, 0.05) is 27.8 Å². The zero-order valence-corrected chi connectivity index (χ0v) is 18.0. The van der Waals surface area contributed by atoms with Crippen molar-refractivity contribution in [3.8, 4) is 10.4 Å². The predicted octanol–water partition coefficient (Wildman–Crippen LogP) is 6.62. The Bertz CT molecular complexity index is 1620. The first kappa shape index (κ1) is 18.8. The topological polar surface area (TPSA) is 48.0 Å². The fourth-order valence-electron chi connectivity index (χ4n) is 4.62. The average molecular weight is 432 g/mol. The van der Waals surface area contributed by atoms with Gasteiger partial charge in [-0.05, 0) is 63.7 Å². The molecule has 2 N–H and O–H groups in total. The number of hydrogen-bond acceptors (Lipinski definition) is 2. The van der Waals surface area contributed by atoms with E-state index in [1.54, 1.807) is 17.4 Å². The van der Waals surface area contributed by atoms with Gasteiger partial charge in [0.15, 0.2) is 0 Å². The van der Waals surface area contributed by atoms with Crippen LogP contribution in [0.2, 0.25) is 0 Å². The summed E-state index contributed by atoms with van der Waals surface area (Å²) in [6, 6.07) is 32.5. The Morgan fingerprint density at radius 2 is 1.78 bits per heavy atom. The van der Waals surface area contributed by atoms with Gasteiger partial charge in [-0.25, -0.2) is 0 Å². The third-order valence-corrected chi connectivity index (χ3v) is 6.99. The van der Waals surface area contributed by atoms with E-state index in [0.29, 0.717) is 12.1 Å². The molecule has 32 heavy (non-hydrogen) atoms. The molecule has 1 radical (unpaired) electrons. The molecular weight excluding hydrogens is 412 g/mol. The third kappa shape index (κ3) is 2.92. The van der Waals surface area contributed by atoms with Gasteiger partial charge in [0.2, 0.25) is 5.91 Å². The molecule has 3 nitrogen and oxygen atoms in total. The number of nitrogens with two attached hydrogens (primary N) is 1. The molecule has 2 aromatic heterocycles.